The summed E-state index contributed by atoms with van der Waals surface area (Å²) in [7, 11) is -3.79. The highest BCUT2D eigenvalue weighted by Crippen LogP contribution is 2.30. The van der Waals surface area contributed by atoms with E-state index in [1.807, 2.05) is 31.2 Å². The number of anilines is 1. The van der Waals surface area contributed by atoms with Crippen LogP contribution < -0.4 is 19.9 Å². The molecular weight excluding hydrogens is 456 g/mol. The van der Waals surface area contributed by atoms with E-state index in [0.29, 0.717) is 25.3 Å². The second-order valence-corrected chi connectivity index (χ2v) is 9.61. The van der Waals surface area contributed by atoms with E-state index in [1.54, 1.807) is 23.1 Å². The van der Waals surface area contributed by atoms with E-state index >= 15 is 0 Å². The zero-order valence-electron chi connectivity index (χ0n) is 19.0. The van der Waals surface area contributed by atoms with Gasteiger partial charge in [-0.15, -0.1) is 0 Å². The van der Waals surface area contributed by atoms with E-state index in [1.165, 1.54) is 23.7 Å². The third kappa shape index (κ3) is 5.02. The van der Waals surface area contributed by atoms with Crippen molar-refractivity contribution in [2.45, 2.75) is 31.7 Å². The number of aromatic nitrogens is 2. The van der Waals surface area contributed by atoms with Crippen molar-refractivity contribution in [3.05, 3.63) is 70.5 Å². The van der Waals surface area contributed by atoms with Gasteiger partial charge in [0.05, 0.1) is 23.7 Å². The number of nitrogens with zero attached hydrogens (tertiary/aromatic N) is 3. The van der Waals surface area contributed by atoms with Gasteiger partial charge in [-0.2, -0.15) is 5.10 Å². The number of sulfonamides is 1. The molecule has 0 saturated heterocycles. The summed E-state index contributed by atoms with van der Waals surface area (Å²) >= 11 is 0. The summed E-state index contributed by atoms with van der Waals surface area (Å²) < 4.78 is 34.8. The second-order valence-electron chi connectivity index (χ2n) is 7.85. The second kappa shape index (κ2) is 9.78. The lowest BCUT2D eigenvalue weighted by molar-refractivity contribution is -0.116. The van der Waals surface area contributed by atoms with Gasteiger partial charge in [0.1, 0.15) is 5.75 Å². The molecule has 0 atom stereocenters. The van der Waals surface area contributed by atoms with Crippen molar-refractivity contribution in [2.24, 2.45) is 0 Å². The third-order valence-corrected chi connectivity index (χ3v) is 7.04. The van der Waals surface area contributed by atoms with Crippen LogP contribution >= 0.6 is 0 Å². The fourth-order valence-electron chi connectivity index (χ4n) is 3.89. The Morgan fingerprint density at radius 1 is 1.12 bits per heavy atom. The first-order valence-corrected chi connectivity index (χ1v) is 12.5. The van der Waals surface area contributed by atoms with Crippen LogP contribution in [0.5, 0.6) is 5.75 Å². The zero-order valence-corrected chi connectivity index (χ0v) is 19.8. The maximum Gasteiger partial charge on any atom is 0.266 e. The van der Waals surface area contributed by atoms with Gasteiger partial charge in [-0.1, -0.05) is 0 Å². The Bertz CT molecular complexity index is 1370. The molecule has 0 bridgehead atoms. The molecule has 9 nitrogen and oxygen atoms in total. The minimum absolute atomic E-state index is 0.00136. The van der Waals surface area contributed by atoms with Crippen molar-refractivity contribution in [3.63, 3.8) is 0 Å². The van der Waals surface area contributed by atoms with Gasteiger partial charge in [0, 0.05) is 37.3 Å². The lowest BCUT2D eigenvalue weighted by Crippen LogP contribution is -2.32. The largest absolute Gasteiger partial charge is 0.494 e. The number of benzene rings is 2. The smallest absolute Gasteiger partial charge is 0.266 e. The predicted octanol–water partition coefficient (Wildman–Crippen LogP) is 2.20. The maximum absolute atomic E-state index is 12.8. The Morgan fingerprint density at radius 3 is 2.59 bits per heavy atom. The molecule has 3 aromatic rings. The maximum atomic E-state index is 12.8. The molecular formula is C24H26N4O5S. The van der Waals surface area contributed by atoms with Gasteiger partial charge in [-0.3, -0.25) is 9.59 Å². The third-order valence-electron chi connectivity index (χ3n) is 5.58. The number of nitrogens with one attached hydrogen (secondary N) is 1. The van der Waals surface area contributed by atoms with Crippen LogP contribution in [-0.4, -0.2) is 43.8 Å². The Labute approximate surface area is 198 Å². The average molecular weight is 483 g/mol. The predicted molar refractivity (Wildman–Crippen MR) is 128 cm³/mol. The van der Waals surface area contributed by atoms with Gasteiger partial charge in [0.2, 0.25) is 15.9 Å². The molecule has 1 aliphatic rings. The summed E-state index contributed by atoms with van der Waals surface area (Å²) in [5.74, 6) is 0.674. The lowest BCUT2D eigenvalue weighted by atomic mass is 10.1. The number of carbonyl (C=O) groups is 1. The summed E-state index contributed by atoms with van der Waals surface area (Å²) in [5.41, 5.74) is 2.65. The molecule has 0 radical (unpaired) electrons. The van der Waals surface area contributed by atoms with Crippen molar-refractivity contribution in [1.29, 1.82) is 0 Å². The molecule has 10 heteroatoms. The van der Waals surface area contributed by atoms with Crippen molar-refractivity contribution < 1.29 is 17.9 Å². The van der Waals surface area contributed by atoms with Crippen LogP contribution in [0, 0.1) is 0 Å². The molecule has 0 spiro atoms. The van der Waals surface area contributed by atoms with Crippen molar-refractivity contribution in [3.8, 4) is 17.0 Å². The zero-order chi connectivity index (χ0) is 24.3. The SMILES string of the molecule is CCOc1ccc(-c2ccc(=O)n(CCNS(=O)(=O)c3ccc4c(c3)CCN4C(C)=O)n2)cc1. The van der Waals surface area contributed by atoms with Crippen LogP contribution in [0.2, 0.25) is 0 Å². The fraction of sp³-hybridized carbons (Fsp3) is 0.292. The van der Waals surface area contributed by atoms with Crippen molar-refractivity contribution in [1.82, 2.24) is 14.5 Å². The van der Waals surface area contributed by atoms with Crippen LogP contribution in [0.3, 0.4) is 0 Å². The summed E-state index contributed by atoms with van der Waals surface area (Å²) in [6.45, 7) is 4.58. The summed E-state index contributed by atoms with van der Waals surface area (Å²) in [4.78, 5) is 25.7. The van der Waals surface area contributed by atoms with Gasteiger partial charge >= 0.3 is 0 Å². The number of fused-ring (bicyclic) bond motifs is 1. The number of hydrogen-bond acceptors (Lipinski definition) is 6. The average Bonchev–Trinajstić information content (AvgIpc) is 3.25. The molecule has 0 fully saturated rings. The van der Waals surface area contributed by atoms with Crippen molar-refractivity contribution >= 4 is 21.6 Å². The molecule has 0 unspecified atom stereocenters. The molecule has 178 valence electrons. The highest BCUT2D eigenvalue weighted by atomic mass is 32.2. The van der Waals surface area contributed by atoms with Crippen LogP contribution in [-0.2, 0) is 27.8 Å². The van der Waals surface area contributed by atoms with Gasteiger partial charge in [-0.25, -0.2) is 17.8 Å². The van der Waals surface area contributed by atoms with Crippen LogP contribution in [0.4, 0.5) is 5.69 Å². The van der Waals surface area contributed by atoms with Crippen LogP contribution in [0.15, 0.2) is 64.3 Å². The van der Waals surface area contributed by atoms with Gasteiger partial charge in [0.25, 0.3) is 5.56 Å². The monoisotopic (exact) mass is 482 g/mol. The van der Waals surface area contributed by atoms with Gasteiger partial charge in [-0.05, 0) is 67.4 Å². The minimum Gasteiger partial charge on any atom is -0.494 e. The lowest BCUT2D eigenvalue weighted by Gasteiger charge is -2.15. The van der Waals surface area contributed by atoms with Gasteiger partial charge < -0.3 is 9.64 Å². The first kappa shape index (κ1) is 23.7. The Morgan fingerprint density at radius 2 is 1.88 bits per heavy atom. The van der Waals surface area contributed by atoms with E-state index in [2.05, 4.69) is 9.82 Å². The molecule has 4 rings (SSSR count). The normalized spacial score (nSPS) is 13.1. The topological polar surface area (TPSA) is 111 Å². The summed E-state index contributed by atoms with van der Waals surface area (Å²) in [6.07, 6.45) is 0.607. The van der Waals surface area contributed by atoms with E-state index < -0.39 is 10.0 Å². The van der Waals surface area contributed by atoms with Crippen LogP contribution in [0.25, 0.3) is 11.3 Å². The Kier molecular flexibility index (Phi) is 6.80. The highest BCUT2D eigenvalue weighted by molar-refractivity contribution is 7.89. The van der Waals surface area contributed by atoms with Crippen LogP contribution in [0.1, 0.15) is 19.4 Å². The van der Waals surface area contributed by atoms with E-state index in [0.717, 1.165) is 22.6 Å². The molecule has 1 amide bonds. The summed E-state index contributed by atoms with van der Waals surface area (Å²) in [5, 5.41) is 4.37. The molecule has 2 aromatic carbocycles. The quantitative estimate of drug-likeness (QED) is 0.527. The first-order chi connectivity index (χ1) is 16.3. The number of rotatable bonds is 8. The van der Waals surface area contributed by atoms with Crippen molar-refractivity contribution in [2.75, 3.05) is 24.6 Å². The van der Waals surface area contributed by atoms with E-state index in [-0.39, 0.29) is 29.5 Å². The summed E-state index contributed by atoms with van der Waals surface area (Å²) in [6, 6.07) is 15.1. The number of carbonyl (C=O) groups excluding carboxylic acids is 1. The Balaban J connectivity index is 1.44. The van der Waals surface area contributed by atoms with Gasteiger partial charge in [0.15, 0.2) is 0 Å². The standard InChI is InChI=1S/C24H26N4O5S/c1-3-33-20-6-4-18(5-7-20)22-9-11-24(30)28(26-22)15-13-25-34(31,32)21-8-10-23-19(16-21)12-14-27(23)17(2)29/h4-11,16,25H,3,12-15H2,1-2H3. The molecule has 34 heavy (non-hydrogen) atoms. The number of hydrogen-bond donors (Lipinski definition) is 1. The molecule has 0 saturated carbocycles. The van der Waals surface area contributed by atoms with E-state index in [9.17, 15) is 18.0 Å². The molecule has 0 aliphatic carbocycles. The molecule has 1 aliphatic heterocycles. The molecule has 1 N–H and O–H groups in total. The highest BCUT2D eigenvalue weighted by Gasteiger charge is 2.24. The fourth-order valence-corrected chi connectivity index (χ4v) is 4.96. The molecule has 1 aromatic heterocycles. The minimum atomic E-state index is -3.79. The number of amides is 1. The number of ether oxygens (including phenoxy) is 1. The van der Waals surface area contributed by atoms with E-state index in [4.69, 9.17) is 4.74 Å². The Hall–Kier alpha value is -3.50. The first-order valence-electron chi connectivity index (χ1n) is 11.0. The molecule has 2 heterocycles.